The quantitative estimate of drug-likeness (QED) is 0.583. The van der Waals surface area contributed by atoms with E-state index in [1.165, 1.54) is 6.33 Å². The van der Waals surface area contributed by atoms with Crippen LogP contribution in [0.2, 0.25) is 0 Å². The van der Waals surface area contributed by atoms with Gasteiger partial charge >= 0.3 is 0 Å². The van der Waals surface area contributed by atoms with E-state index in [9.17, 15) is 0 Å². The summed E-state index contributed by atoms with van der Waals surface area (Å²) in [7, 11) is 3.23. The molecular weight excluding hydrogens is 356 g/mol. The van der Waals surface area contributed by atoms with Crippen LogP contribution in [0.5, 0.6) is 17.2 Å². The summed E-state index contributed by atoms with van der Waals surface area (Å²) in [6.45, 7) is 4.00. The third kappa shape index (κ3) is 5.03. The normalized spacial score (nSPS) is 10.5. The molecule has 0 aliphatic heterocycles. The van der Waals surface area contributed by atoms with Gasteiger partial charge in [-0.3, -0.25) is 0 Å². The lowest BCUT2D eigenvalue weighted by Gasteiger charge is -2.13. The molecule has 3 rings (SSSR count). The van der Waals surface area contributed by atoms with E-state index in [0.717, 1.165) is 22.9 Å². The second-order valence-corrected chi connectivity index (χ2v) is 6.30. The Bertz CT molecular complexity index is 914. The molecule has 0 unspecified atom stereocenters. The minimum atomic E-state index is 0.143. The highest BCUT2D eigenvalue weighted by Gasteiger charge is 2.07. The monoisotopic (exact) mass is 380 g/mol. The van der Waals surface area contributed by atoms with Gasteiger partial charge in [0.1, 0.15) is 35.2 Å². The van der Waals surface area contributed by atoms with E-state index in [1.807, 2.05) is 62.4 Å². The van der Waals surface area contributed by atoms with E-state index in [0.29, 0.717) is 17.4 Å². The maximum Gasteiger partial charge on any atom is 0.146 e. The van der Waals surface area contributed by atoms with Crippen LogP contribution < -0.4 is 24.8 Å². The zero-order chi connectivity index (χ0) is 19.9. The second kappa shape index (κ2) is 8.94. The van der Waals surface area contributed by atoms with E-state index in [-0.39, 0.29) is 6.10 Å². The first-order valence-electron chi connectivity index (χ1n) is 8.92. The lowest BCUT2D eigenvalue weighted by Crippen LogP contribution is -2.05. The van der Waals surface area contributed by atoms with Crippen LogP contribution >= 0.6 is 0 Å². The van der Waals surface area contributed by atoms with Crippen molar-refractivity contribution in [2.45, 2.75) is 20.0 Å². The molecule has 0 fully saturated rings. The largest absolute Gasteiger partial charge is 0.497 e. The van der Waals surface area contributed by atoms with Gasteiger partial charge < -0.3 is 24.8 Å². The maximum atomic E-state index is 5.66. The standard InChI is InChI=1S/C21H24N4O3/c1-14(2)28-16-7-5-15(6-8-16)24-20-12-21(23-13-22-20)25-18-10-9-17(26-3)11-19(18)27-4/h5-14H,1-4H3,(H2,22,23,24,25). The van der Waals surface area contributed by atoms with Crippen LogP contribution in [-0.2, 0) is 0 Å². The van der Waals surface area contributed by atoms with Gasteiger partial charge in [0.25, 0.3) is 0 Å². The first-order chi connectivity index (χ1) is 13.6. The summed E-state index contributed by atoms with van der Waals surface area (Å²) in [6, 6.07) is 15.1. The van der Waals surface area contributed by atoms with E-state index in [4.69, 9.17) is 14.2 Å². The third-order valence-corrected chi connectivity index (χ3v) is 3.84. The third-order valence-electron chi connectivity index (χ3n) is 3.84. The average Bonchev–Trinajstić information content (AvgIpc) is 2.70. The molecule has 0 saturated carbocycles. The van der Waals surface area contributed by atoms with Gasteiger partial charge in [-0.05, 0) is 50.2 Å². The Labute approximate surface area is 164 Å². The zero-order valence-electron chi connectivity index (χ0n) is 16.4. The molecule has 0 radical (unpaired) electrons. The molecule has 3 aromatic rings. The number of anilines is 4. The Morgan fingerprint density at radius 2 is 1.46 bits per heavy atom. The SMILES string of the molecule is COc1ccc(Nc2cc(Nc3ccc(OC(C)C)cc3)ncn2)c(OC)c1. The van der Waals surface area contributed by atoms with Crippen LogP contribution in [0, 0.1) is 0 Å². The van der Waals surface area contributed by atoms with Crippen LogP contribution in [0.1, 0.15) is 13.8 Å². The smallest absolute Gasteiger partial charge is 0.146 e. The van der Waals surface area contributed by atoms with E-state index >= 15 is 0 Å². The Balaban J connectivity index is 1.72. The first kappa shape index (κ1) is 19.3. The summed E-state index contributed by atoms with van der Waals surface area (Å²) in [5.74, 6) is 3.52. The van der Waals surface area contributed by atoms with E-state index < -0.39 is 0 Å². The highest BCUT2D eigenvalue weighted by molar-refractivity contribution is 5.68. The van der Waals surface area contributed by atoms with Crippen molar-refractivity contribution in [2.24, 2.45) is 0 Å². The second-order valence-electron chi connectivity index (χ2n) is 6.30. The maximum absolute atomic E-state index is 5.66. The van der Waals surface area contributed by atoms with Crippen LogP contribution in [0.3, 0.4) is 0 Å². The van der Waals surface area contributed by atoms with Crippen molar-refractivity contribution in [2.75, 3.05) is 24.9 Å². The van der Waals surface area contributed by atoms with Crippen LogP contribution in [0.15, 0.2) is 54.9 Å². The molecule has 0 atom stereocenters. The predicted molar refractivity (Wildman–Crippen MR) is 110 cm³/mol. The molecule has 7 heteroatoms. The molecule has 0 aliphatic carbocycles. The molecule has 0 saturated heterocycles. The lowest BCUT2D eigenvalue weighted by molar-refractivity contribution is 0.242. The number of nitrogens with one attached hydrogen (secondary N) is 2. The van der Waals surface area contributed by atoms with E-state index in [2.05, 4.69) is 20.6 Å². The topological polar surface area (TPSA) is 77.5 Å². The number of hydrogen-bond acceptors (Lipinski definition) is 7. The molecule has 2 aromatic carbocycles. The van der Waals surface area contributed by atoms with E-state index in [1.54, 1.807) is 14.2 Å². The Hall–Kier alpha value is -3.48. The summed E-state index contributed by atoms with van der Waals surface area (Å²) in [5.41, 5.74) is 1.69. The van der Waals surface area contributed by atoms with Gasteiger partial charge in [-0.1, -0.05) is 0 Å². The number of benzene rings is 2. The van der Waals surface area contributed by atoms with Gasteiger partial charge in [-0.2, -0.15) is 0 Å². The fourth-order valence-corrected chi connectivity index (χ4v) is 2.57. The molecule has 1 aromatic heterocycles. The summed E-state index contributed by atoms with van der Waals surface area (Å²) in [5, 5.41) is 6.50. The summed E-state index contributed by atoms with van der Waals surface area (Å²) < 4.78 is 16.3. The van der Waals surface area contributed by atoms with Crippen molar-refractivity contribution < 1.29 is 14.2 Å². The number of aromatic nitrogens is 2. The van der Waals surface area contributed by atoms with Crippen LogP contribution in [0.25, 0.3) is 0 Å². The molecular formula is C21H24N4O3. The Morgan fingerprint density at radius 3 is 2.11 bits per heavy atom. The highest BCUT2D eigenvalue weighted by atomic mass is 16.5. The molecule has 0 amide bonds. The lowest BCUT2D eigenvalue weighted by atomic mass is 10.2. The molecule has 1 heterocycles. The van der Waals surface area contributed by atoms with Crippen molar-refractivity contribution in [3.63, 3.8) is 0 Å². The van der Waals surface area contributed by atoms with Crippen molar-refractivity contribution in [1.29, 1.82) is 0 Å². The number of nitrogens with zero attached hydrogens (tertiary/aromatic N) is 2. The zero-order valence-corrected chi connectivity index (χ0v) is 16.4. The minimum absolute atomic E-state index is 0.143. The molecule has 146 valence electrons. The van der Waals surface area contributed by atoms with Gasteiger partial charge in [0.2, 0.25) is 0 Å². The Kier molecular flexibility index (Phi) is 6.16. The molecule has 7 nitrogen and oxygen atoms in total. The van der Waals surface area contributed by atoms with Crippen LogP contribution in [0.4, 0.5) is 23.0 Å². The van der Waals surface area contributed by atoms with Gasteiger partial charge in [0.15, 0.2) is 0 Å². The molecule has 0 spiro atoms. The van der Waals surface area contributed by atoms with Crippen molar-refractivity contribution in [1.82, 2.24) is 9.97 Å². The highest BCUT2D eigenvalue weighted by Crippen LogP contribution is 2.31. The van der Waals surface area contributed by atoms with Crippen molar-refractivity contribution in [3.8, 4) is 17.2 Å². The summed E-state index contributed by atoms with van der Waals surface area (Å²) in [4.78, 5) is 8.54. The Morgan fingerprint density at radius 1 is 0.786 bits per heavy atom. The molecule has 0 aliphatic rings. The number of ether oxygens (including phenoxy) is 3. The number of methoxy groups -OCH3 is 2. The summed E-state index contributed by atoms with van der Waals surface area (Å²) >= 11 is 0. The number of rotatable bonds is 8. The summed E-state index contributed by atoms with van der Waals surface area (Å²) in [6.07, 6.45) is 1.64. The van der Waals surface area contributed by atoms with Gasteiger partial charge in [0.05, 0.1) is 26.0 Å². The fourth-order valence-electron chi connectivity index (χ4n) is 2.57. The average molecular weight is 380 g/mol. The minimum Gasteiger partial charge on any atom is -0.497 e. The molecule has 2 N–H and O–H groups in total. The van der Waals surface area contributed by atoms with Crippen molar-refractivity contribution in [3.05, 3.63) is 54.9 Å². The van der Waals surface area contributed by atoms with Crippen molar-refractivity contribution >= 4 is 23.0 Å². The predicted octanol–water partition coefficient (Wildman–Crippen LogP) is 4.77. The molecule has 28 heavy (non-hydrogen) atoms. The van der Waals surface area contributed by atoms with Crippen LogP contribution in [-0.4, -0.2) is 30.3 Å². The van der Waals surface area contributed by atoms with Gasteiger partial charge in [-0.25, -0.2) is 9.97 Å². The fraction of sp³-hybridized carbons (Fsp3) is 0.238. The van der Waals surface area contributed by atoms with Gasteiger partial charge in [-0.15, -0.1) is 0 Å². The molecule has 0 bridgehead atoms. The first-order valence-corrected chi connectivity index (χ1v) is 8.92. The van der Waals surface area contributed by atoms with Gasteiger partial charge in [0, 0.05) is 17.8 Å². The number of hydrogen-bond donors (Lipinski definition) is 2.